The molecule has 0 bridgehead atoms. The zero-order valence-electron chi connectivity index (χ0n) is 11.1. The zero-order chi connectivity index (χ0) is 14.1. The van der Waals surface area contributed by atoms with Crippen LogP contribution < -0.4 is 0 Å². The predicted octanol–water partition coefficient (Wildman–Crippen LogP) is 0.516. The van der Waals surface area contributed by atoms with Gasteiger partial charge in [-0.1, -0.05) is 0 Å². The highest BCUT2D eigenvalue weighted by Gasteiger charge is 2.20. The van der Waals surface area contributed by atoms with E-state index in [-0.39, 0.29) is 5.91 Å². The molecule has 0 spiro atoms. The number of rotatable bonds is 6. The lowest BCUT2D eigenvalue weighted by atomic mass is 10.3. The summed E-state index contributed by atoms with van der Waals surface area (Å²) < 4.78 is 9.18. The smallest absolute Gasteiger partial charge is 0.331 e. The average Bonchev–Trinajstić information content (AvgIpc) is 2.36. The monoisotopic (exact) mass is 257 g/mol. The lowest BCUT2D eigenvalue weighted by molar-refractivity contribution is -0.155. The number of carbonyl (C=O) groups excluding carboxylic acids is 3. The molecule has 0 aliphatic heterocycles. The summed E-state index contributed by atoms with van der Waals surface area (Å²) >= 11 is 0. The molecule has 0 aromatic heterocycles. The number of amides is 1. The second kappa shape index (κ2) is 8.27. The number of esters is 2. The Balaban J connectivity index is 4.35. The molecule has 0 unspecified atom stereocenters. The van der Waals surface area contributed by atoms with Crippen LogP contribution in [0.3, 0.4) is 0 Å². The summed E-state index contributed by atoms with van der Waals surface area (Å²) in [5.74, 6) is -1.68. The van der Waals surface area contributed by atoms with Crippen molar-refractivity contribution in [2.24, 2.45) is 0 Å². The molecular formula is C12H19NO5. The Bertz CT molecular complexity index is 333. The number of methoxy groups -OCH3 is 1. The highest BCUT2D eigenvalue weighted by molar-refractivity contribution is 5.93. The summed E-state index contributed by atoms with van der Waals surface area (Å²) in [5, 5.41) is 0. The van der Waals surface area contributed by atoms with Gasteiger partial charge in [0, 0.05) is 25.2 Å². The summed E-state index contributed by atoms with van der Waals surface area (Å²) in [7, 11) is 1.20. The van der Waals surface area contributed by atoms with Gasteiger partial charge in [0.05, 0.1) is 7.11 Å². The molecule has 0 aromatic rings. The van der Waals surface area contributed by atoms with E-state index in [1.807, 2.05) is 13.8 Å². The molecule has 1 amide bonds. The van der Waals surface area contributed by atoms with E-state index in [2.05, 4.69) is 4.74 Å². The quantitative estimate of drug-likeness (QED) is 0.512. The standard InChI is InChI=1S/C12H19NO5/c1-5-13(6-2)12(16)9(3)18-11(15)8-7-10(14)17-4/h7-9H,5-6H2,1-4H3/b8-7+/t9-/m0/s1. The minimum absolute atomic E-state index is 0.264. The molecule has 0 radical (unpaired) electrons. The van der Waals surface area contributed by atoms with E-state index >= 15 is 0 Å². The summed E-state index contributed by atoms with van der Waals surface area (Å²) in [6.45, 7) is 6.27. The Morgan fingerprint density at radius 3 is 2.06 bits per heavy atom. The van der Waals surface area contributed by atoms with Crippen molar-refractivity contribution in [3.8, 4) is 0 Å². The molecule has 0 rings (SSSR count). The summed E-state index contributed by atoms with van der Waals surface area (Å²) in [4.78, 5) is 35.4. The van der Waals surface area contributed by atoms with Crippen LogP contribution in [0.4, 0.5) is 0 Å². The highest BCUT2D eigenvalue weighted by atomic mass is 16.5. The van der Waals surface area contributed by atoms with E-state index in [1.54, 1.807) is 4.90 Å². The van der Waals surface area contributed by atoms with Crippen molar-refractivity contribution in [1.29, 1.82) is 0 Å². The number of carbonyl (C=O) groups is 3. The maximum atomic E-state index is 11.8. The minimum atomic E-state index is -0.875. The SMILES string of the molecule is CCN(CC)C(=O)[C@H](C)OC(=O)/C=C/C(=O)OC. The van der Waals surface area contributed by atoms with Crippen molar-refractivity contribution in [3.05, 3.63) is 12.2 Å². The molecule has 0 heterocycles. The van der Waals surface area contributed by atoms with Gasteiger partial charge in [-0.3, -0.25) is 4.79 Å². The molecular weight excluding hydrogens is 238 g/mol. The van der Waals surface area contributed by atoms with Gasteiger partial charge < -0.3 is 14.4 Å². The van der Waals surface area contributed by atoms with Crippen LogP contribution in [-0.2, 0) is 23.9 Å². The van der Waals surface area contributed by atoms with E-state index in [9.17, 15) is 14.4 Å². The van der Waals surface area contributed by atoms with Crippen LogP contribution in [0.25, 0.3) is 0 Å². The van der Waals surface area contributed by atoms with Gasteiger partial charge in [0.25, 0.3) is 5.91 Å². The third kappa shape index (κ3) is 5.47. The fraction of sp³-hybridized carbons (Fsp3) is 0.583. The first-order chi connectivity index (χ1) is 8.46. The lowest BCUT2D eigenvalue weighted by Gasteiger charge is -2.22. The maximum Gasteiger partial charge on any atom is 0.331 e. The Kier molecular flexibility index (Phi) is 7.42. The van der Waals surface area contributed by atoms with Crippen molar-refractivity contribution in [3.63, 3.8) is 0 Å². The Hall–Kier alpha value is -1.85. The van der Waals surface area contributed by atoms with Crippen LogP contribution in [0.5, 0.6) is 0 Å². The zero-order valence-corrected chi connectivity index (χ0v) is 11.1. The summed E-state index contributed by atoms with van der Waals surface area (Å²) in [6, 6.07) is 0. The van der Waals surface area contributed by atoms with E-state index in [1.165, 1.54) is 14.0 Å². The van der Waals surface area contributed by atoms with E-state index in [0.29, 0.717) is 13.1 Å². The number of likely N-dealkylation sites (N-methyl/N-ethyl adjacent to an activating group) is 1. The average molecular weight is 257 g/mol. The normalized spacial score (nSPS) is 12.0. The van der Waals surface area contributed by atoms with Gasteiger partial charge in [-0.05, 0) is 20.8 Å². The Morgan fingerprint density at radius 1 is 1.11 bits per heavy atom. The van der Waals surface area contributed by atoms with Crippen LogP contribution >= 0.6 is 0 Å². The van der Waals surface area contributed by atoms with Crippen LogP contribution in [0.15, 0.2) is 12.2 Å². The van der Waals surface area contributed by atoms with Crippen molar-refractivity contribution in [1.82, 2.24) is 4.90 Å². The molecule has 6 heteroatoms. The first kappa shape index (κ1) is 16.1. The van der Waals surface area contributed by atoms with E-state index in [0.717, 1.165) is 12.2 Å². The first-order valence-corrected chi connectivity index (χ1v) is 5.71. The van der Waals surface area contributed by atoms with Gasteiger partial charge >= 0.3 is 11.9 Å². The van der Waals surface area contributed by atoms with Crippen molar-refractivity contribution in [2.75, 3.05) is 20.2 Å². The van der Waals surface area contributed by atoms with Crippen LogP contribution in [0.2, 0.25) is 0 Å². The fourth-order valence-corrected chi connectivity index (χ4v) is 1.26. The van der Waals surface area contributed by atoms with Gasteiger partial charge in [0.1, 0.15) is 0 Å². The fourth-order valence-electron chi connectivity index (χ4n) is 1.26. The van der Waals surface area contributed by atoms with Crippen LogP contribution in [0.1, 0.15) is 20.8 Å². The van der Waals surface area contributed by atoms with Crippen molar-refractivity contribution in [2.45, 2.75) is 26.9 Å². The molecule has 0 aromatic carbocycles. The highest BCUT2D eigenvalue weighted by Crippen LogP contribution is 2.00. The topological polar surface area (TPSA) is 72.9 Å². The van der Waals surface area contributed by atoms with Gasteiger partial charge in [0.2, 0.25) is 0 Å². The largest absolute Gasteiger partial charge is 0.466 e. The Morgan fingerprint density at radius 2 is 1.61 bits per heavy atom. The number of nitrogens with zero attached hydrogens (tertiary/aromatic N) is 1. The molecule has 102 valence electrons. The Labute approximate surface area is 107 Å². The van der Waals surface area contributed by atoms with Gasteiger partial charge in [-0.25, -0.2) is 9.59 Å². The van der Waals surface area contributed by atoms with E-state index in [4.69, 9.17) is 4.74 Å². The molecule has 1 atom stereocenters. The summed E-state index contributed by atoms with van der Waals surface area (Å²) in [6.07, 6.45) is 0.995. The van der Waals surface area contributed by atoms with Gasteiger partial charge in [-0.15, -0.1) is 0 Å². The molecule has 6 nitrogen and oxygen atoms in total. The van der Waals surface area contributed by atoms with Gasteiger partial charge in [0.15, 0.2) is 6.10 Å². The van der Waals surface area contributed by atoms with Crippen molar-refractivity contribution < 1.29 is 23.9 Å². The molecule has 0 N–H and O–H groups in total. The maximum absolute atomic E-state index is 11.8. The third-order valence-electron chi connectivity index (χ3n) is 2.27. The number of ether oxygens (including phenoxy) is 2. The molecule has 0 aliphatic carbocycles. The number of hydrogen-bond acceptors (Lipinski definition) is 5. The van der Waals surface area contributed by atoms with Crippen molar-refractivity contribution >= 4 is 17.8 Å². The van der Waals surface area contributed by atoms with Gasteiger partial charge in [-0.2, -0.15) is 0 Å². The minimum Gasteiger partial charge on any atom is -0.466 e. The molecule has 0 fully saturated rings. The summed E-state index contributed by atoms with van der Waals surface area (Å²) in [5.41, 5.74) is 0. The molecule has 18 heavy (non-hydrogen) atoms. The molecule has 0 aliphatic rings. The first-order valence-electron chi connectivity index (χ1n) is 5.71. The van der Waals surface area contributed by atoms with Crippen LogP contribution in [-0.4, -0.2) is 49.0 Å². The predicted molar refractivity (Wildman–Crippen MR) is 64.6 cm³/mol. The molecule has 0 saturated carbocycles. The molecule has 0 saturated heterocycles. The second-order valence-corrected chi connectivity index (χ2v) is 3.45. The third-order valence-corrected chi connectivity index (χ3v) is 2.27. The van der Waals surface area contributed by atoms with E-state index < -0.39 is 18.0 Å². The number of hydrogen-bond donors (Lipinski definition) is 0. The second-order valence-electron chi connectivity index (χ2n) is 3.45. The van der Waals surface area contributed by atoms with Crippen LogP contribution in [0, 0.1) is 0 Å². The lowest BCUT2D eigenvalue weighted by Crippen LogP contribution is -2.39.